The highest BCUT2D eigenvalue weighted by Gasteiger charge is 2.23. The van der Waals surface area contributed by atoms with Crippen LogP contribution >= 0.6 is 0 Å². The van der Waals surface area contributed by atoms with Crippen LogP contribution in [-0.2, 0) is 4.74 Å². The molecular formula is C13H17FO3. The molecular weight excluding hydrogens is 223 g/mol. The highest BCUT2D eigenvalue weighted by molar-refractivity contribution is 5.21. The molecule has 0 saturated carbocycles. The first-order valence-electron chi connectivity index (χ1n) is 5.88. The SMILES string of the molecule is OCC(CCC1CO1)COc1ccc(F)cc1. The summed E-state index contributed by atoms with van der Waals surface area (Å²) in [4.78, 5) is 0. The van der Waals surface area contributed by atoms with Gasteiger partial charge in [0.1, 0.15) is 11.6 Å². The molecule has 0 amide bonds. The van der Waals surface area contributed by atoms with Crippen molar-refractivity contribution >= 4 is 0 Å². The van der Waals surface area contributed by atoms with Gasteiger partial charge in [0.15, 0.2) is 0 Å². The Bertz CT molecular complexity index is 335. The first-order chi connectivity index (χ1) is 8.28. The van der Waals surface area contributed by atoms with Crippen LogP contribution in [-0.4, -0.2) is 31.0 Å². The van der Waals surface area contributed by atoms with Gasteiger partial charge in [0.05, 0.1) is 19.3 Å². The zero-order chi connectivity index (χ0) is 12.1. The van der Waals surface area contributed by atoms with E-state index in [0.717, 1.165) is 19.4 Å². The molecule has 1 aliphatic heterocycles. The molecule has 94 valence electrons. The van der Waals surface area contributed by atoms with Crippen LogP contribution < -0.4 is 4.74 Å². The minimum Gasteiger partial charge on any atom is -0.493 e. The van der Waals surface area contributed by atoms with Gasteiger partial charge in [-0.3, -0.25) is 0 Å². The van der Waals surface area contributed by atoms with Gasteiger partial charge in [-0.15, -0.1) is 0 Å². The first kappa shape index (κ1) is 12.3. The number of epoxide rings is 1. The Hall–Kier alpha value is -1.13. The van der Waals surface area contributed by atoms with E-state index in [9.17, 15) is 9.50 Å². The van der Waals surface area contributed by atoms with E-state index in [0.29, 0.717) is 18.5 Å². The van der Waals surface area contributed by atoms with Gasteiger partial charge in [-0.05, 0) is 37.1 Å². The number of benzene rings is 1. The maximum Gasteiger partial charge on any atom is 0.123 e. The van der Waals surface area contributed by atoms with Crippen molar-refractivity contribution in [3.05, 3.63) is 30.1 Å². The van der Waals surface area contributed by atoms with E-state index < -0.39 is 0 Å². The van der Waals surface area contributed by atoms with Gasteiger partial charge in [0.25, 0.3) is 0 Å². The Labute approximate surface area is 100 Å². The average molecular weight is 240 g/mol. The lowest BCUT2D eigenvalue weighted by Crippen LogP contribution is -2.16. The Balaban J connectivity index is 1.72. The normalized spacial score (nSPS) is 20.0. The molecule has 1 fully saturated rings. The summed E-state index contributed by atoms with van der Waals surface area (Å²) in [5.74, 6) is 0.471. The van der Waals surface area contributed by atoms with E-state index in [1.807, 2.05) is 0 Å². The number of aliphatic hydroxyl groups excluding tert-OH is 1. The molecule has 0 bridgehead atoms. The molecule has 0 aliphatic carbocycles. The maximum absolute atomic E-state index is 12.7. The number of halogens is 1. The molecule has 1 aromatic rings. The average Bonchev–Trinajstić information content (AvgIpc) is 3.15. The molecule has 1 aliphatic rings. The fourth-order valence-corrected chi connectivity index (χ4v) is 1.63. The van der Waals surface area contributed by atoms with E-state index in [4.69, 9.17) is 9.47 Å². The van der Waals surface area contributed by atoms with E-state index in [-0.39, 0.29) is 18.3 Å². The zero-order valence-corrected chi connectivity index (χ0v) is 9.64. The van der Waals surface area contributed by atoms with Gasteiger partial charge in [0.2, 0.25) is 0 Å². The molecule has 1 saturated heterocycles. The van der Waals surface area contributed by atoms with Gasteiger partial charge in [-0.1, -0.05) is 0 Å². The molecule has 1 N–H and O–H groups in total. The monoisotopic (exact) mass is 240 g/mol. The second-order valence-corrected chi connectivity index (χ2v) is 4.35. The standard InChI is InChI=1S/C13H17FO3/c14-11-2-5-12(6-3-11)16-8-10(7-15)1-4-13-9-17-13/h2-3,5-6,10,13,15H,1,4,7-9H2. The molecule has 0 aromatic heterocycles. The van der Waals surface area contributed by atoms with Crippen molar-refractivity contribution in [2.75, 3.05) is 19.8 Å². The molecule has 4 heteroatoms. The predicted molar refractivity (Wildman–Crippen MR) is 61.4 cm³/mol. The van der Waals surface area contributed by atoms with Crippen molar-refractivity contribution in [3.63, 3.8) is 0 Å². The summed E-state index contributed by atoms with van der Waals surface area (Å²) < 4.78 is 23.3. The number of hydrogen-bond donors (Lipinski definition) is 1. The minimum atomic E-state index is -0.276. The van der Waals surface area contributed by atoms with Crippen LogP contribution in [0.15, 0.2) is 24.3 Å². The molecule has 1 heterocycles. The number of hydrogen-bond acceptors (Lipinski definition) is 3. The van der Waals surface area contributed by atoms with Crippen LogP contribution in [0.1, 0.15) is 12.8 Å². The molecule has 2 rings (SSSR count). The first-order valence-corrected chi connectivity index (χ1v) is 5.88. The Morgan fingerprint density at radius 2 is 2.12 bits per heavy atom. The van der Waals surface area contributed by atoms with Crippen molar-refractivity contribution in [2.45, 2.75) is 18.9 Å². The maximum atomic E-state index is 12.7. The minimum absolute atomic E-state index is 0.105. The lowest BCUT2D eigenvalue weighted by molar-refractivity contribution is 0.151. The molecule has 1 aromatic carbocycles. The Kier molecular flexibility index (Phi) is 4.34. The zero-order valence-electron chi connectivity index (χ0n) is 9.64. The summed E-state index contributed by atoms with van der Waals surface area (Å²) in [7, 11) is 0. The fourth-order valence-electron chi connectivity index (χ4n) is 1.63. The van der Waals surface area contributed by atoms with Crippen molar-refractivity contribution in [2.24, 2.45) is 5.92 Å². The Morgan fingerprint density at radius 1 is 1.41 bits per heavy atom. The van der Waals surface area contributed by atoms with Gasteiger partial charge in [-0.2, -0.15) is 0 Å². The summed E-state index contributed by atoms with van der Waals surface area (Å²) in [5.41, 5.74) is 0. The van der Waals surface area contributed by atoms with Crippen molar-refractivity contribution in [3.8, 4) is 5.75 Å². The fraction of sp³-hybridized carbons (Fsp3) is 0.538. The van der Waals surface area contributed by atoms with Crippen LogP contribution in [0.25, 0.3) is 0 Å². The lowest BCUT2D eigenvalue weighted by Gasteiger charge is -2.14. The predicted octanol–water partition coefficient (Wildman–Crippen LogP) is 1.99. The lowest BCUT2D eigenvalue weighted by atomic mass is 10.0. The van der Waals surface area contributed by atoms with Crippen LogP contribution in [0.4, 0.5) is 4.39 Å². The number of rotatable bonds is 7. The largest absolute Gasteiger partial charge is 0.493 e. The molecule has 2 atom stereocenters. The quantitative estimate of drug-likeness (QED) is 0.741. The van der Waals surface area contributed by atoms with Crippen molar-refractivity contribution in [1.29, 1.82) is 0 Å². The smallest absolute Gasteiger partial charge is 0.123 e. The van der Waals surface area contributed by atoms with Crippen molar-refractivity contribution in [1.82, 2.24) is 0 Å². The van der Waals surface area contributed by atoms with Gasteiger partial charge in [0, 0.05) is 12.5 Å². The third-order valence-corrected chi connectivity index (χ3v) is 2.86. The highest BCUT2D eigenvalue weighted by Crippen LogP contribution is 2.20. The molecule has 0 radical (unpaired) electrons. The van der Waals surface area contributed by atoms with Crippen LogP contribution in [0.5, 0.6) is 5.75 Å². The van der Waals surface area contributed by atoms with Gasteiger partial charge < -0.3 is 14.6 Å². The summed E-state index contributed by atoms with van der Waals surface area (Å²) >= 11 is 0. The number of aliphatic hydroxyl groups is 1. The van der Waals surface area contributed by atoms with E-state index >= 15 is 0 Å². The third kappa shape index (κ3) is 4.32. The molecule has 17 heavy (non-hydrogen) atoms. The highest BCUT2D eigenvalue weighted by atomic mass is 19.1. The summed E-state index contributed by atoms with van der Waals surface area (Å²) in [6.45, 7) is 1.40. The summed E-state index contributed by atoms with van der Waals surface area (Å²) in [5, 5.41) is 9.20. The van der Waals surface area contributed by atoms with E-state index in [2.05, 4.69) is 0 Å². The van der Waals surface area contributed by atoms with Gasteiger partial charge >= 0.3 is 0 Å². The van der Waals surface area contributed by atoms with Crippen molar-refractivity contribution < 1.29 is 19.0 Å². The summed E-state index contributed by atoms with van der Waals surface area (Å²) in [6.07, 6.45) is 2.25. The second kappa shape index (κ2) is 5.98. The van der Waals surface area contributed by atoms with Crippen LogP contribution in [0.3, 0.4) is 0 Å². The van der Waals surface area contributed by atoms with Crippen LogP contribution in [0.2, 0.25) is 0 Å². The van der Waals surface area contributed by atoms with Crippen LogP contribution in [0, 0.1) is 11.7 Å². The molecule has 2 unspecified atom stereocenters. The molecule has 0 spiro atoms. The van der Waals surface area contributed by atoms with E-state index in [1.54, 1.807) is 12.1 Å². The molecule has 3 nitrogen and oxygen atoms in total. The summed E-state index contributed by atoms with van der Waals surface area (Å²) in [6, 6.07) is 5.91. The third-order valence-electron chi connectivity index (χ3n) is 2.86. The second-order valence-electron chi connectivity index (χ2n) is 4.35. The Morgan fingerprint density at radius 3 is 2.71 bits per heavy atom. The van der Waals surface area contributed by atoms with E-state index in [1.165, 1.54) is 12.1 Å². The van der Waals surface area contributed by atoms with Gasteiger partial charge in [-0.25, -0.2) is 4.39 Å². The topological polar surface area (TPSA) is 42.0 Å². The number of ether oxygens (including phenoxy) is 2.